The summed E-state index contributed by atoms with van der Waals surface area (Å²) in [5, 5.41) is 5.22. The van der Waals surface area contributed by atoms with Crippen molar-refractivity contribution in [2.24, 2.45) is 5.92 Å². The molecule has 1 aromatic carbocycles. The van der Waals surface area contributed by atoms with Gasteiger partial charge in [0.15, 0.2) is 6.29 Å². The maximum absolute atomic E-state index is 12.4. The Hall–Kier alpha value is -2.45. The molecule has 0 aliphatic carbocycles. The number of hydrogen-bond donors (Lipinski definition) is 2. The van der Waals surface area contributed by atoms with E-state index in [9.17, 15) is 14.4 Å². The number of imide groups is 1. The van der Waals surface area contributed by atoms with Crippen molar-refractivity contribution in [3.8, 4) is 0 Å². The Labute approximate surface area is 146 Å². The van der Waals surface area contributed by atoms with Gasteiger partial charge < -0.3 is 20.1 Å². The lowest BCUT2D eigenvalue weighted by molar-refractivity contribution is -0.0970. The van der Waals surface area contributed by atoms with E-state index in [1.54, 1.807) is 12.1 Å². The highest BCUT2D eigenvalue weighted by Crippen LogP contribution is 2.26. The number of rotatable bonds is 7. The number of benzene rings is 1. The van der Waals surface area contributed by atoms with Crippen LogP contribution in [0.25, 0.3) is 0 Å². The molecule has 0 saturated heterocycles. The number of fused-ring (bicyclic) bond motifs is 1. The fourth-order valence-electron chi connectivity index (χ4n) is 2.51. The highest BCUT2D eigenvalue weighted by Gasteiger charge is 2.35. The molecule has 2 rings (SSSR count). The van der Waals surface area contributed by atoms with E-state index in [4.69, 9.17) is 9.47 Å². The van der Waals surface area contributed by atoms with Crippen LogP contribution >= 0.6 is 0 Å². The molecule has 8 heteroatoms. The molecule has 1 aliphatic heterocycles. The monoisotopic (exact) mass is 349 g/mol. The van der Waals surface area contributed by atoms with E-state index in [1.165, 1.54) is 25.2 Å². The average Bonchev–Trinajstić information content (AvgIpc) is 2.80. The van der Waals surface area contributed by atoms with Crippen LogP contribution < -0.4 is 10.6 Å². The predicted molar refractivity (Wildman–Crippen MR) is 91.5 cm³/mol. The van der Waals surface area contributed by atoms with E-state index < -0.39 is 12.3 Å². The van der Waals surface area contributed by atoms with Gasteiger partial charge in [0, 0.05) is 26.5 Å². The fourth-order valence-corrected chi connectivity index (χ4v) is 2.51. The second kappa shape index (κ2) is 8.09. The highest BCUT2D eigenvalue weighted by molar-refractivity contribution is 6.21. The molecular weight excluding hydrogens is 326 g/mol. The van der Waals surface area contributed by atoms with E-state index in [-0.39, 0.29) is 24.3 Å². The van der Waals surface area contributed by atoms with Gasteiger partial charge in [-0.05, 0) is 24.1 Å². The molecule has 2 N–H and O–H groups in total. The van der Waals surface area contributed by atoms with Gasteiger partial charge >= 0.3 is 6.03 Å². The molecular formula is C17H23N3O5. The van der Waals surface area contributed by atoms with E-state index in [0.29, 0.717) is 23.4 Å². The minimum atomic E-state index is -0.547. The Morgan fingerprint density at radius 1 is 1.12 bits per heavy atom. The largest absolute Gasteiger partial charge is 0.354 e. The van der Waals surface area contributed by atoms with Crippen molar-refractivity contribution in [1.29, 1.82) is 0 Å². The SMILES string of the molecule is COC(CNC(=O)Nc1ccc2c(c1)C(=O)N(CC(C)C)C2=O)OC. The van der Waals surface area contributed by atoms with Crippen molar-refractivity contribution >= 4 is 23.5 Å². The van der Waals surface area contributed by atoms with Gasteiger partial charge in [-0.1, -0.05) is 13.8 Å². The van der Waals surface area contributed by atoms with Crippen LogP contribution in [-0.2, 0) is 9.47 Å². The first-order valence-electron chi connectivity index (χ1n) is 7.98. The highest BCUT2D eigenvalue weighted by atomic mass is 16.7. The molecule has 8 nitrogen and oxygen atoms in total. The van der Waals surface area contributed by atoms with Crippen LogP contribution in [0.2, 0.25) is 0 Å². The number of urea groups is 1. The summed E-state index contributed by atoms with van der Waals surface area (Å²) in [4.78, 5) is 37.9. The van der Waals surface area contributed by atoms with Crippen molar-refractivity contribution in [1.82, 2.24) is 10.2 Å². The molecule has 0 bridgehead atoms. The van der Waals surface area contributed by atoms with Gasteiger partial charge in [0.1, 0.15) is 0 Å². The smallest absolute Gasteiger partial charge is 0.319 e. The zero-order valence-electron chi connectivity index (χ0n) is 14.8. The molecule has 136 valence electrons. The summed E-state index contributed by atoms with van der Waals surface area (Å²) in [7, 11) is 2.94. The normalized spacial score (nSPS) is 13.6. The van der Waals surface area contributed by atoms with Crippen LogP contribution in [0.15, 0.2) is 18.2 Å². The Bertz CT molecular complexity index is 670. The Morgan fingerprint density at radius 2 is 1.76 bits per heavy atom. The van der Waals surface area contributed by atoms with Crippen LogP contribution in [0.1, 0.15) is 34.6 Å². The molecule has 0 fully saturated rings. The number of nitrogens with zero attached hydrogens (tertiary/aromatic N) is 1. The first-order valence-corrected chi connectivity index (χ1v) is 7.98. The summed E-state index contributed by atoms with van der Waals surface area (Å²) in [5.41, 5.74) is 1.08. The van der Waals surface area contributed by atoms with Gasteiger partial charge in [0.2, 0.25) is 0 Å². The van der Waals surface area contributed by atoms with Gasteiger partial charge in [-0.25, -0.2) is 4.79 Å². The van der Waals surface area contributed by atoms with Crippen LogP contribution in [0.4, 0.5) is 10.5 Å². The lowest BCUT2D eigenvalue weighted by Gasteiger charge is -2.15. The third kappa shape index (κ3) is 4.34. The maximum Gasteiger partial charge on any atom is 0.319 e. The number of amides is 4. The average molecular weight is 349 g/mol. The van der Waals surface area contributed by atoms with Crippen LogP contribution in [-0.4, -0.2) is 56.3 Å². The lowest BCUT2D eigenvalue weighted by atomic mass is 10.1. The van der Waals surface area contributed by atoms with Crippen molar-refractivity contribution in [3.63, 3.8) is 0 Å². The van der Waals surface area contributed by atoms with Crippen molar-refractivity contribution in [3.05, 3.63) is 29.3 Å². The van der Waals surface area contributed by atoms with E-state index in [1.807, 2.05) is 13.8 Å². The third-order valence-electron chi connectivity index (χ3n) is 3.73. The zero-order valence-corrected chi connectivity index (χ0v) is 14.8. The quantitative estimate of drug-likeness (QED) is 0.577. The van der Waals surface area contributed by atoms with Gasteiger partial charge in [-0.15, -0.1) is 0 Å². The molecule has 0 aromatic heterocycles. The summed E-state index contributed by atoms with van der Waals surface area (Å²) >= 11 is 0. The molecule has 0 radical (unpaired) electrons. The minimum Gasteiger partial charge on any atom is -0.354 e. The van der Waals surface area contributed by atoms with Gasteiger partial charge in [0.25, 0.3) is 11.8 Å². The topological polar surface area (TPSA) is 97.0 Å². The number of hydrogen-bond acceptors (Lipinski definition) is 5. The van der Waals surface area contributed by atoms with Crippen molar-refractivity contribution < 1.29 is 23.9 Å². The zero-order chi connectivity index (χ0) is 18.6. The molecule has 0 atom stereocenters. The third-order valence-corrected chi connectivity index (χ3v) is 3.73. The Balaban J connectivity index is 2.05. The fraction of sp³-hybridized carbons (Fsp3) is 0.471. The van der Waals surface area contributed by atoms with Gasteiger partial charge in [0.05, 0.1) is 17.7 Å². The second-order valence-corrected chi connectivity index (χ2v) is 6.11. The van der Waals surface area contributed by atoms with E-state index in [0.717, 1.165) is 0 Å². The van der Waals surface area contributed by atoms with E-state index >= 15 is 0 Å². The molecule has 1 aromatic rings. The number of nitrogens with one attached hydrogen (secondary N) is 2. The maximum atomic E-state index is 12.4. The van der Waals surface area contributed by atoms with E-state index in [2.05, 4.69) is 10.6 Å². The molecule has 0 spiro atoms. The lowest BCUT2D eigenvalue weighted by Crippen LogP contribution is -2.36. The minimum absolute atomic E-state index is 0.170. The standard InChI is InChI=1S/C17H23N3O5/c1-10(2)9-20-15(21)12-6-5-11(7-13(12)16(20)22)19-17(23)18-8-14(24-3)25-4/h5-7,10,14H,8-9H2,1-4H3,(H2,18,19,23). The molecule has 4 amide bonds. The first kappa shape index (κ1) is 18.9. The molecule has 25 heavy (non-hydrogen) atoms. The summed E-state index contributed by atoms with van der Waals surface area (Å²) in [6, 6.07) is 4.19. The van der Waals surface area contributed by atoms with Gasteiger partial charge in [-0.3, -0.25) is 14.5 Å². The predicted octanol–water partition coefficient (Wildman–Crippen LogP) is 1.68. The van der Waals surface area contributed by atoms with Crippen LogP contribution in [0, 0.1) is 5.92 Å². The van der Waals surface area contributed by atoms with Gasteiger partial charge in [-0.2, -0.15) is 0 Å². The number of carbonyl (C=O) groups is 3. The molecule has 0 unspecified atom stereocenters. The van der Waals surface area contributed by atoms with Crippen molar-refractivity contribution in [2.75, 3.05) is 32.6 Å². The Kier molecular flexibility index (Phi) is 6.11. The molecule has 1 heterocycles. The molecule has 0 saturated carbocycles. The summed E-state index contributed by atoms with van der Waals surface area (Å²) in [5.74, 6) is -0.454. The number of methoxy groups -OCH3 is 2. The number of ether oxygens (including phenoxy) is 2. The van der Waals surface area contributed by atoms with Crippen LogP contribution in [0.3, 0.4) is 0 Å². The summed E-state index contributed by atoms with van der Waals surface area (Å²) in [6.45, 7) is 4.41. The first-order chi connectivity index (χ1) is 11.9. The van der Waals surface area contributed by atoms with Crippen molar-refractivity contribution in [2.45, 2.75) is 20.1 Å². The Morgan fingerprint density at radius 3 is 2.36 bits per heavy atom. The number of carbonyl (C=O) groups excluding carboxylic acids is 3. The second-order valence-electron chi connectivity index (χ2n) is 6.11. The summed E-state index contributed by atoms with van der Waals surface area (Å²) < 4.78 is 9.95. The number of anilines is 1. The molecule has 1 aliphatic rings. The van der Waals surface area contributed by atoms with Crippen LogP contribution in [0.5, 0.6) is 0 Å². The summed E-state index contributed by atoms with van der Waals surface area (Å²) in [6.07, 6.45) is -0.547.